The van der Waals surface area contributed by atoms with Gasteiger partial charge in [0.15, 0.2) is 5.13 Å². The number of nitrogens with zero attached hydrogens (tertiary/aromatic N) is 1. The molecule has 1 fully saturated rings. The van der Waals surface area contributed by atoms with Gasteiger partial charge in [0.25, 0.3) is 5.91 Å². The molecule has 0 radical (unpaired) electrons. The fraction of sp³-hybridized carbons (Fsp3) is 0.421. The summed E-state index contributed by atoms with van der Waals surface area (Å²) in [6, 6.07) is 4.92. The van der Waals surface area contributed by atoms with Gasteiger partial charge in [0.1, 0.15) is 11.5 Å². The molecule has 1 saturated heterocycles. The molecule has 2 heterocycles. The minimum absolute atomic E-state index is 0.106. The highest BCUT2D eigenvalue weighted by molar-refractivity contribution is 7.14. The standard InChI is InChI=1S/C19H23N3O5S/c1-25-15-6-12(7-16(9-15)26-2)18(24)22-19-21-13(11-28-19)8-17(23)20-10-14-4-3-5-27-14/h6-7,9,11,14H,3-5,8,10H2,1-2H3,(H,20,23)(H,21,22,24). The van der Waals surface area contributed by atoms with Crippen LogP contribution < -0.4 is 20.1 Å². The van der Waals surface area contributed by atoms with E-state index < -0.39 is 0 Å². The molecule has 2 amide bonds. The van der Waals surface area contributed by atoms with Crippen LogP contribution in [0.3, 0.4) is 0 Å². The van der Waals surface area contributed by atoms with Gasteiger partial charge >= 0.3 is 0 Å². The van der Waals surface area contributed by atoms with Crippen molar-refractivity contribution in [1.29, 1.82) is 0 Å². The summed E-state index contributed by atoms with van der Waals surface area (Å²) in [6.07, 6.45) is 2.28. The fourth-order valence-electron chi connectivity index (χ4n) is 2.81. The number of ether oxygens (including phenoxy) is 3. The number of carbonyl (C=O) groups excluding carboxylic acids is 2. The first-order chi connectivity index (χ1) is 13.6. The van der Waals surface area contributed by atoms with Crippen LogP contribution >= 0.6 is 11.3 Å². The fourth-order valence-corrected chi connectivity index (χ4v) is 3.52. The van der Waals surface area contributed by atoms with E-state index in [0.717, 1.165) is 19.4 Å². The van der Waals surface area contributed by atoms with Gasteiger partial charge in [-0.15, -0.1) is 11.3 Å². The van der Waals surface area contributed by atoms with E-state index in [1.54, 1.807) is 23.6 Å². The zero-order valence-corrected chi connectivity index (χ0v) is 16.6. The summed E-state index contributed by atoms with van der Waals surface area (Å²) in [5, 5.41) is 7.78. The Hall–Kier alpha value is -2.65. The molecule has 1 atom stereocenters. The van der Waals surface area contributed by atoms with Crippen molar-refractivity contribution in [3.8, 4) is 11.5 Å². The number of benzene rings is 1. The number of rotatable bonds is 8. The van der Waals surface area contributed by atoms with Gasteiger partial charge in [-0.3, -0.25) is 14.9 Å². The van der Waals surface area contributed by atoms with Crippen LogP contribution in [0.15, 0.2) is 23.6 Å². The molecule has 2 aromatic rings. The minimum atomic E-state index is -0.332. The Labute approximate surface area is 167 Å². The molecule has 28 heavy (non-hydrogen) atoms. The molecule has 0 spiro atoms. The van der Waals surface area contributed by atoms with Crippen LogP contribution in [0.1, 0.15) is 28.9 Å². The normalized spacial score (nSPS) is 15.9. The maximum Gasteiger partial charge on any atom is 0.257 e. The number of hydrogen-bond acceptors (Lipinski definition) is 7. The Bertz CT molecular complexity index is 810. The molecule has 1 aliphatic heterocycles. The number of thiazole rings is 1. The van der Waals surface area contributed by atoms with Crippen LogP contribution in [0.4, 0.5) is 5.13 Å². The van der Waals surface area contributed by atoms with Crippen molar-refractivity contribution < 1.29 is 23.8 Å². The number of hydrogen-bond donors (Lipinski definition) is 2. The smallest absolute Gasteiger partial charge is 0.257 e. The van der Waals surface area contributed by atoms with Gasteiger partial charge in [0.2, 0.25) is 5.91 Å². The summed E-state index contributed by atoms with van der Waals surface area (Å²) in [4.78, 5) is 28.8. The van der Waals surface area contributed by atoms with Crippen LogP contribution in [-0.2, 0) is 16.0 Å². The molecule has 0 saturated carbocycles. The molecule has 150 valence electrons. The van der Waals surface area contributed by atoms with Crippen molar-refractivity contribution >= 4 is 28.3 Å². The van der Waals surface area contributed by atoms with Crippen LogP contribution in [0, 0.1) is 0 Å². The molecular weight excluding hydrogens is 382 g/mol. The first-order valence-corrected chi connectivity index (χ1v) is 9.82. The van der Waals surface area contributed by atoms with Crippen LogP contribution in [0.2, 0.25) is 0 Å². The third-order valence-corrected chi connectivity index (χ3v) is 5.08. The Kier molecular flexibility index (Phi) is 6.83. The largest absolute Gasteiger partial charge is 0.497 e. The Morgan fingerprint density at radius 3 is 2.64 bits per heavy atom. The number of nitrogens with one attached hydrogen (secondary N) is 2. The lowest BCUT2D eigenvalue weighted by molar-refractivity contribution is -0.121. The van der Waals surface area contributed by atoms with Gasteiger partial charge in [-0.1, -0.05) is 0 Å². The lowest BCUT2D eigenvalue weighted by Crippen LogP contribution is -2.32. The second-order valence-electron chi connectivity index (χ2n) is 6.32. The third kappa shape index (κ3) is 5.43. The number of aromatic nitrogens is 1. The Balaban J connectivity index is 1.55. The number of amides is 2. The predicted octanol–water partition coefficient (Wildman–Crippen LogP) is 2.25. The molecule has 0 bridgehead atoms. The highest BCUT2D eigenvalue weighted by atomic mass is 32.1. The van der Waals surface area contributed by atoms with E-state index in [0.29, 0.717) is 34.4 Å². The van der Waals surface area contributed by atoms with Gasteiger partial charge in [-0.25, -0.2) is 4.98 Å². The van der Waals surface area contributed by atoms with E-state index in [1.165, 1.54) is 25.6 Å². The monoisotopic (exact) mass is 405 g/mol. The van der Waals surface area contributed by atoms with Crippen molar-refractivity contribution in [2.75, 3.05) is 32.7 Å². The molecular formula is C19H23N3O5S. The van der Waals surface area contributed by atoms with Gasteiger partial charge in [0, 0.05) is 30.2 Å². The lowest BCUT2D eigenvalue weighted by atomic mass is 10.2. The second-order valence-corrected chi connectivity index (χ2v) is 7.17. The Morgan fingerprint density at radius 1 is 1.25 bits per heavy atom. The number of anilines is 1. The van der Waals surface area contributed by atoms with Gasteiger partial charge < -0.3 is 19.5 Å². The average molecular weight is 405 g/mol. The van der Waals surface area contributed by atoms with Gasteiger partial charge in [-0.2, -0.15) is 0 Å². The average Bonchev–Trinajstić information content (AvgIpc) is 3.38. The molecule has 1 aromatic carbocycles. The molecule has 1 aromatic heterocycles. The van der Waals surface area contributed by atoms with E-state index in [2.05, 4.69) is 15.6 Å². The number of methoxy groups -OCH3 is 2. The summed E-state index contributed by atoms with van der Waals surface area (Å²) in [7, 11) is 3.04. The summed E-state index contributed by atoms with van der Waals surface area (Å²) >= 11 is 1.27. The molecule has 2 N–H and O–H groups in total. The SMILES string of the molecule is COc1cc(OC)cc(C(=O)Nc2nc(CC(=O)NCC3CCCO3)cs2)c1. The van der Waals surface area contributed by atoms with E-state index in [9.17, 15) is 9.59 Å². The number of carbonyl (C=O) groups is 2. The molecule has 8 nitrogen and oxygen atoms in total. The van der Waals surface area contributed by atoms with Crippen LogP contribution in [-0.4, -0.2) is 50.3 Å². The lowest BCUT2D eigenvalue weighted by Gasteiger charge is -2.10. The van der Waals surface area contributed by atoms with Crippen molar-refractivity contribution in [3.63, 3.8) is 0 Å². The second kappa shape index (κ2) is 9.52. The summed E-state index contributed by atoms with van der Waals surface area (Å²) in [5.41, 5.74) is 0.996. The highest BCUT2D eigenvalue weighted by Gasteiger charge is 2.17. The van der Waals surface area contributed by atoms with E-state index in [-0.39, 0.29) is 24.3 Å². The molecule has 3 rings (SSSR count). The van der Waals surface area contributed by atoms with Gasteiger partial charge in [-0.05, 0) is 25.0 Å². The summed E-state index contributed by atoms with van der Waals surface area (Å²) < 4.78 is 15.8. The third-order valence-electron chi connectivity index (χ3n) is 4.28. The Morgan fingerprint density at radius 2 is 2.00 bits per heavy atom. The van der Waals surface area contributed by atoms with Gasteiger partial charge in [0.05, 0.1) is 32.4 Å². The van der Waals surface area contributed by atoms with E-state index in [4.69, 9.17) is 14.2 Å². The summed E-state index contributed by atoms with van der Waals surface area (Å²) in [5.74, 6) is 0.594. The quantitative estimate of drug-likeness (QED) is 0.699. The highest BCUT2D eigenvalue weighted by Crippen LogP contribution is 2.24. The first kappa shape index (κ1) is 20.1. The van der Waals surface area contributed by atoms with Crippen molar-refractivity contribution in [2.24, 2.45) is 0 Å². The van der Waals surface area contributed by atoms with Crippen molar-refractivity contribution in [1.82, 2.24) is 10.3 Å². The predicted molar refractivity (Wildman–Crippen MR) is 105 cm³/mol. The molecule has 1 aliphatic rings. The molecule has 0 aliphatic carbocycles. The van der Waals surface area contributed by atoms with E-state index in [1.807, 2.05) is 0 Å². The maximum absolute atomic E-state index is 12.5. The topological polar surface area (TPSA) is 98.8 Å². The zero-order valence-electron chi connectivity index (χ0n) is 15.8. The molecule has 1 unspecified atom stereocenters. The summed E-state index contributed by atoms with van der Waals surface area (Å²) in [6.45, 7) is 1.28. The minimum Gasteiger partial charge on any atom is -0.497 e. The van der Waals surface area contributed by atoms with Crippen molar-refractivity contribution in [3.05, 3.63) is 34.8 Å². The molecule has 9 heteroatoms. The van der Waals surface area contributed by atoms with Crippen LogP contribution in [0.5, 0.6) is 11.5 Å². The zero-order chi connectivity index (χ0) is 19.9. The maximum atomic E-state index is 12.5. The first-order valence-electron chi connectivity index (χ1n) is 8.94. The van der Waals surface area contributed by atoms with E-state index >= 15 is 0 Å². The van der Waals surface area contributed by atoms with Crippen molar-refractivity contribution in [2.45, 2.75) is 25.4 Å². The van der Waals surface area contributed by atoms with Crippen LogP contribution in [0.25, 0.3) is 0 Å².